The zero-order valence-electron chi connectivity index (χ0n) is 12.8. The average Bonchev–Trinajstić information content (AvgIpc) is 2.40. The molecule has 1 N–H and O–H groups in total. The standard InChI is InChI=1S/C16H27ClN2/c1-6-12-18-15(16(3,7-2)19(4)5)13-10-8-9-11-14(13)17/h8-11,15,18H,6-7,12H2,1-5H3. The van der Waals surface area contributed by atoms with Crippen LogP contribution in [-0.4, -0.2) is 31.1 Å². The van der Waals surface area contributed by atoms with Crippen LogP contribution in [0.25, 0.3) is 0 Å². The quantitative estimate of drug-likeness (QED) is 0.810. The van der Waals surface area contributed by atoms with Gasteiger partial charge in [0.15, 0.2) is 0 Å². The van der Waals surface area contributed by atoms with Crippen molar-refractivity contribution in [3.63, 3.8) is 0 Å². The van der Waals surface area contributed by atoms with Crippen molar-refractivity contribution in [2.75, 3.05) is 20.6 Å². The largest absolute Gasteiger partial charge is 0.308 e. The van der Waals surface area contributed by atoms with Crippen LogP contribution < -0.4 is 5.32 Å². The van der Waals surface area contributed by atoms with Crippen LogP contribution in [0.4, 0.5) is 0 Å². The lowest BCUT2D eigenvalue weighted by Gasteiger charge is -2.43. The summed E-state index contributed by atoms with van der Waals surface area (Å²) in [6.45, 7) is 7.72. The highest BCUT2D eigenvalue weighted by Gasteiger charge is 2.36. The summed E-state index contributed by atoms with van der Waals surface area (Å²) in [6, 6.07) is 8.40. The van der Waals surface area contributed by atoms with Gasteiger partial charge in [-0.3, -0.25) is 0 Å². The Balaban J connectivity index is 3.17. The molecule has 0 heterocycles. The van der Waals surface area contributed by atoms with Gasteiger partial charge < -0.3 is 10.2 Å². The van der Waals surface area contributed by atoms with E-state index in [1.807, 2.05) is 12.1 Å². The van der Waals surface area contributed by atoms with E-state index in [0.717, 1.165) is 24.4 Å². The first-order valence-corrected chi connectivity index (χ1v) is 7.50. The van der Waals surface area contributed by atoms with Gasteiger partial charge in [-0.25, -0.2) is 0 Å². The van der Waals surface area contributed by atoms with Gasteiger partial charge in [0.25, 0.3) is 0 Å². The Hall–Kier alpha value is -0.570. The van der Waals surface area contributed by atoms with Crippen LogP contribution in [0.5, 0.6) is 0 Å². The molecule has 0 radical (unpaired) electrons. The fourth-order valence-electron chi connectivity index (χ4n) is 2.44. The van der Waals surface area contributed by atoms with Crippen LogP contribution in [-0.2, 0) is 0 Å². The number of halogens is 1. The normalized spacial score (nSPS) is 16.4. The lowest BCUT2D eigenvalue weighted by Crippen LogP contribution is -2.51. The van der Waals surface area contributed by atoms with Crippen LogP contribution in [0.1, 0.15) is 45.2 Å². The molecule has 0 amide bonds. The van der Waals surface area contributed by atoms with Crippen LogP contribution in [0, 0.1) is 0 Å². The van der Waals surface area contributed by atoms with E-state index in [1.54, 1.807) is 0 Å². The summed E-state index contributed by atoms with van der Waals surface area (Å²) in [6.07, 6.45) is 2.18. The highest BCUT2D eigenvalue weighted by molar-refractivity contribution is 6.31. The lowest BCUT2D eigenvalue weighted by molar-refractivity contribution is 0.113. The molecular weight excluding hydrogens is 256 g/mol. The van der Waals surface area contributed by atoms with E-state index in [-0.39, 0.29) is 11.6 Å². The lowest BCUT2D eigenvalue weighted by atomic mass is 9.83. The molecule has 1 rings (SSSR count). The average molecular weight is 283 g/mol. The maximum Gasteiger partial charge on any atom is 0.0518 e. The summed E-state index contributed by atoms with van der Waals surface area (Å²) in [5.41, 5.74) is 1.23. The first-order valence-electron chi connectivity index (χ1n) is 7.12. The van der Waals surface area contributed by atoms with E-state index in [0.29, 0.717) is 0 Å². The molecule has 1 aromatic carbocycles. The van der Waals surface area contributed by atoms with Gasteiger partial charge in [0.1, 0.15) is 0 Å². The Labute approximate surface area is 123 Å². The van der Waals surface area contributed by atoms with Crippen molar-refractivity contribution >= 4 is 11.6 Å². The molecule has 2 atom stereocenters. The van der Waals surface area contributed by atoms with Gasteiger partial charge in [0, 0.05) is 10.6 Å². The molecular formula is C16H27ClN2. The topological polar surface area (TPSA) is 15.3 Å². The maximum absolute atomic E-state index is 6.41. The van der Waals surface area contributed by atoms with Gasteiger partial charge in [-0.1, -0.05) is 43.6 Å². The Morgan fingerprint density at radius 3 is 2.37 bits per heavy atom. The van der Waals surface area contributed by atoms with E-state index >= 15 is 0 Å². The number of hydrogen-bond acceptors (Lipinski definition) is 2. The first-order chi connectivity index (χ1) is 8.97. The molecule has 2 nitrogen and oxygen atoms in total. The number of benzene rings is 1. The van der Waals surface area contributed by atoms with Crippen molar-refractivity contribution in [3.05, 3.63) is 34.9 Å². The molecule has 0 saturated carbocycles. The number of nitrogens with zero attached hydrogens (tertiary/aromatic N) is 1. The molecule has 108 valence electrons. The monoisotopic (exact) mass is 282 g/mol. The molecule has 0 aromatic heterocycles. The zero-order valence-corrected chi connectivity index (χ0v) is 13.6. The van der Waals surface area contributed by atoms with Crippen LogP contribution >= 0.6 is 11.6 Å². The Bertz CT molecular complexity index is 392. The van der Waals surface area contributed by atoms with Crippen molar-refractivity contribution in [2.24, 2.45) is 0 Å². The second-order valence-corrected chi connectivity index (χ2v) is 5.92. The van der Waals surface area contributed by atoms with Crippen LogP contribution in [0.15, 0.2) is 24.3 Å². The number of likely N-dealkylation sites (N-methyl/N-ethyl adjacent to an activating group) is 1. The molecule has 19 heavy (non-hydrogen) atoms. The molecule has 1 aromatic rings. The molecule has 0 aliphatic carbocycles. The molecule has 0 saturated heterocycles. The summed E-state index contributed by atoms with van der Waals surface area (Å²) >= 11 is 6.41. The summed E-state index contributed by atoms with van der Waals surface area (Å²) < 4.78 is 0. The second kappa shape index (κ2) is 7.28. The molecule has 0 spiro atoms. The van der Waals surface area contributed by atoms with E-state index in [2.05, 4.69) is 57.2 Å². The van der Waals surface area contributed by atoms with E-state index < -0.39 is 0 Å². The highest BCUT2D eigenvalue weighted by Crippen LogP contribution is 2.35. The first kappa shape index (κ1) is 16.5. The molecule has 0 fully saturated rings. The molecule has 0 bridgehead atoms. The predicted octanol–water partition coefficient (Wildman–Crippen LogP) is 4.11. The number of rotatable bonds is 7. The van der Waals surface area contributed by atoms with E-state index in [4.69, 9.17) is 11.6 Å². The Kier molecular flexibility index (Phi) is 6.31. The minimum Gasteiger partial charge on any atom is -0.308 e. The maximum atomic E-state index is 6.41. The highest BCUT2D eigenvalue weighted by atomic mass is 35.5. The zero-order chi connectivity index (χ0) is 14.5. The SMILES string of the molecule is CCCNC(c1ccccc1Cl)C(C)(CC)N(C)C. The molecule has 0 aliphatic heterocycles. The third-order valence-electron chi connectivity index (χ3n) is 4.17. The minimum absolute atomic E-state index is 0.0418. The van der Waals surface area contributed by atoms with Gasteiger partial charge in [0.05, 0.1) is 6.04 Å². The summed E-state index contributed by atoms with van der Waals surface area (Å²) in [5, 5.41) is 4.52. The third-order valence-corrected chi connectivity index (χ3v) is 4.52. The molecule has 2 unspecified atom stereocenters. The Morgan fingerprint density at radius 2 is 1.89 bits per heavy atom. The second-order valence-electron chi connectivity index (χ2n) is 5.51. The van der Waals surface area contributed by atoms with Gasteiger partial charge in [-0.15, -0.1) is 0 Å². The van der Waals surface area contributed by atoms with Gasteiger partial charge in [-0.2, -0.15) is 0 Å². The van der Waals surface area contributed by atoms with E-state index in [1.165, 1.54) is 5.56 Å². The minimum atomic E-state index is 0.0418. The van der Waals surface area contributed by atoms with Gasteiger partial charge in [0.2, 0.25) is 0 Å². The number of nitrogens with one attached hydrogen (secondary N) is 1. The van der Waals surface area contributed by atoms with E-state index in [9.17, 15) is 0 Å². The Morgan fingerprint density at radius 1 is 1.26 bits per heavy atom. The van der Waals surface area contributed by atoms with Crippen molar-refractivity contribution < 1.29 is 0 Å². The van der Waals surface area contributed by atoms with Gasteiger partial charge in [-0.05, 0) is 52.0 Å². The van der Waals surface area contributed by atoms with Gasteiger partial charge >= 0.3 is 0 Å². The summed E-state index contributed by atoms with van der Waals surface area (Å²) in [4.78, 5) is 2.30. The van der Waals surface area contributed by atoms with Crippen LogP contribution in [0.2, 0.25) is 5.02 Å². The molecule has 0 aliphatic rings. The van der Waals surface area contributed by atoms with Crippen molar-refractivity contribution in [1.82, 2.24) is 10.2 Å². The smallest absolute Gasteiger partial charge is 0.0518 e. The molecule has 3 heteroatoms. The number of hydrogen-bond donors (Lipinski definition) is 1. The fraction of sp³-hybridized carbons (Fsp3) is 0.625. The fourth-order valence-corrected chi connectivity index (χ4v) is 2.69. The third kappa shape index (κ3) is 3.71. The van der Waals surface area contributed by atoms with Crippen molar-refractivity contribution in [2.45, 2.75) is 45.2 Å². The summed E-state index contributed by atoms with van der Waals surface area (Å²) in [7, 11) is 4.28. The summed E-state index contributed by atoms with van der Waals surface area (Å²) in [5.74, 6) is 0. The predicted molar refractivity (Wildman–Crippen MR) is 84.9 cm³/mol. The van der Waals surface area contributed by atoms with Crippen LogP contribution in [0.3, 0.4) is 0 Å². The van der Waals surface area contributed by atoms with Crippen molar-refractivity contribution in [3.8, 4) is 0 Å². The van der Waals surface area contributed by atoms with Crippen molar-refractivity contribution in [1.29, 1.82) is 0 Å².